The zero-order valence-corrected chi connectivity index (χ0v) is 3.15. The molecule has 0 spiro atoms. The number of hydrogen-bond acceptors (Lipinski definition) is 0. The third kappa shape index (κ3) is 1.80. The van der Waals surface area contributed by atoms with Gasteiger partial charge in [0.05, 0.1) is 0 Å². The molecule has 0 saturated heterocycles. The van der Waals surface area contributed by atoms with Gasteiger partial charge in [-0.2, -0.15) is 0 Å². The predicted octanol–water partition coefficient (Wildman–Crippen LogP) is 0.153. The first kappa shape index (κ1) is 3.80. The number of rotatable bonds is 0. The van der Waals surface area contributed by atoms with Crippen molar-refractivity contribution in [3.63, 3.8) is 0 Å². The van der Waals surface area contributed by atoms with Crippen LogP contribution >= 0.6 is 0 Å². The SMILES string of the molecule is BC=CC. The van der Waals surface area contributed by atoms with Crippen molar-refractivity contribution < 1.29 is 0 Å². The average Bonchev–Trinajstić information content (AvgIpc) is 1.37. The molecule has 1 heteroatoms. The lowest BCUT2D eigenvalue weighted by Gasteiger charge is -1.48. The first-order chi connectivity index (χ1) is 1.91. The molecule has 0 atom stereocenters. The van der Waals surface area contributed by atoms with E-state index >= 15 is 0 Å². The van der Waals surface area contributed by atoms with E-state index in [4.69, 9.17) is 0 Å². The van der Waals surface area contributed by atoms with Gasteiger partial charge in [-0.25, -0.2) is 0 Å². The van der Waals surface area contributed by atoms with Crippen LogP contribution in [0.15, 0.2) is 12.1 Å². The summed E-state index contributed by atoms with van der Waals surface area (Å²) in [6.07, 6.45) is 2.00. The van der Waals surface area contributed by atoms with Gasteiger partial charge < -0.3 is 0 Å². The van der Waals surface area contributed by atoms with Crippen LogP contribution in [0.3, 0.4) is 0 Å². The molecule has 0 N–H and O–H groups in total. The molecule has 4 heavy (non-hydrogen) atoms. The quantitative estimate of drug-likeness (QED) is 0.345. The molecule has 0 fully saturated rings. The van der Waals surface area contributed by atoms with E-state index in [1.807, 2.05) is 26.8 Å². The van der Waals surface area contributed by atoms with Crippen LogP contribution in [0.25, 0.3) is 0 Å². The summed E-state index contributed by atoms with van der Waals surface area (Å²) in [5.41, 5.74) is 0. The van der Waals surface area contributed by atoms with Crippen LogP contribution in [-0.4, -0.2) is 7.85 Å². The molecule has 0 amide bonds. The largest absolute Gasteiger partial charge is 0.129 e. The van der Waals surface area contributed by atoms with Crippen molar-refractivity contribution in [1.82, 2.24) is 0 Å². The highest BCUT2D eigenvalue weighted by Crippen LogP contribution is 1.50. The van der Waals surface area contributed by atoms with Crippen molar-refractivity contribution >= 4 is 7.85 Å². The van der Waals surface area contributed by atoms with Crippen LogP contribution in [0.4, 0.5) is 0 Å². The van der Waals surface area contributed by atoms with Gasteiger partial charge in [0.25, 0.3) is 0 Å². The van der Waals surface area contributed by atoms with Crippen molar-refractivity contribution in [1.29, 1.82) is 0 Å². The Hall–Kier alpha value is -0.195. The summed E-state index contributed by atoms with van der Waals surface area (Å²) in [5.74, 6) is 2.00. The Morgan fingerprint density at radius 1 is 1.75 bits per heavy atom. The van der Waals surface area contributed by atoms with Gasteiger partial charge in [0.15, 0.2) is 0 Å². The van der Waals surface area contributed by atoms with E-state index in [0.717, 1.165) is 0 Å². The van der Waals surface area contributed by atoms with Gasteiger partial charge in [-0.05, 0) is 6.92 Å². The molecule has 22 valence electrons. The van der Waals surface area contributed by atoms with Gasteiger partial charge in [-0.15, -0.1) is 12.1 Å². The second-order valence-electron chi connectivity index (χ2n) is 0.667. The Morgan fingerprint density at radius 3 is 2.00 bits per heavy atom. The zero-order chi connectivity index (χ0) is 3.41. The van der Waals surface area contributed by atoms with Crippen molar-refractivity contribution in [2.45, 2.75) is 6.92 Å². The van der Waals surface area contributed by atoms with E-state index in [2.05, 4.69) is 0 Å². The standard InChI is InChI=1S/C3H7B/c1-2-3-4/h2-3H,4H2,1H3. The van der Waals surface area contributed by atoms with E-state index in [-0.39, 0.29) is 0 Å². The minimum Gasteiger partial charge on any atom is -0.128 e. The Kier molecular flexibility index (Phi) is 2.67. The second kappa shape index (κ2) is 2.80. The van der Waals surface area contributed by atoms with Crippen LogP contribution in [0.5, 0.6) is 0 Å². The summed E-state index contributed by atoms with van der Waals surface area (Å²) < 4.78 is 0. The molecule has 0 aliphatic heterocycles. The molecule has 0 nitrogen and oxygen atoms in total. The van der Waals surface area contributed by atoms with E-state index in [1.165, 1.54) is 0 Å². The highest BCUT2D eigenvalue weighted by atomic mass is 13.3. The summed E-state index contributed by atoms with van der Waals surface area (Å²) in [5, 5.41) is 0. The lowest BCUT2D eigenvalue weighted by atomic mass is 10.1. The summed E-state index contributed by atoms with van der Waals surface area (Å²) in [6.45, 7) is 2.00. The molecule has 0 aromatic carbocycles. The van der Waals surface area contributed by atoms with Gasteiger partial charge in [-0.1, -0.05) is 0 Å². The summed E-state index contributed by atoms with van der Waals surface area (Å²) in [7, 11) is 2.00. The van der Waals surface area contributed by atoms with Crippen molar-refractivity contribution in [3.8, 4) is 0 Å². The van der Waals surface area contributed by atoms with Crippen molar-refractivity contribution in [3.05, 3.63) is 12.1 Å². The second-order valence-corrected chi connectivity index (χ2v) is 0.667. The summed E-state index contributed by atoms with van der Waals surface area (Å²) >= 11 is 0. The predicted molar refractivity (Wildman–Crippen MR) is 23.4 cm³/mol. The fraction of sp³-hybridized carbons (Fsp3) is 0.333. The van der Waals surface area contributed by atoms with Gasteiger partial charge in [0, 0.05) is 0 Å². The molecule has 0 aliphatic rings. The molecule has 0 aromatic rings. The van der Waals surface area contributed by atoms with E-state index in [0.29, 0.717) is 0 Å². The summed E-state index contributed by atoms with van der Waals surface area (Å²) in [4.78, 5) is 0. The third-order valence-electron chi connectivity index (χ3n) is 0.333. The first-order valence-electron chi connectivity index (χ1n) is 1.49. The molecule has 0 bridgehead atoms. The average molecular weight is 53.9 g/mol. The van der Waals surface area contributed by atoms with Crippen molar-refractivity contribution in [2.24, 2.45) is 0 Å². The van der Waals surface area contributed by atoms with Crippen molar-refractivity contribution in [2.75, 3.05) is 0 Å². The molecular weight excluding hydrogens is 46.8 g/mol. The molecule has 0 rings (SSSR count). The third-order valence-corrected chi connectivity index (χ3v) is 0.333. The molecule has 0 aromatic heterocycles. The van der Waals surface area contributed by atoms with Crippen LogP contribution in [-0.2, 0) is 0 Å². The van der Waals surface area contributed by atoms with Gasteiger partial charge >= 0.3 is 0 Å². The monoisotopic (exact) mass is 54.1 g/mol. The minimum absolute atomic E-state index is 2.00. The fourth-order valence-electron chi connectivity index (χ4n) is 0. The lowest BCUT2D eigenvalue weighted by Crippen LogP contribution is -1.39. The van der Waals surface area contributed by atoms with Crippen LogP contribution in [0.1, 0.15) is 6.92 Å². The Bertz CT molecular complexity index is 18.5. The van der Waals surface area contributed by atoms with Gasteiger partial charge in [0.1, 0.15) is 7.85 Å². The highest BCUT2D eigenvalue weighted by Gasteiger charge is 1.36. The first-order valence-corrected chi connectivity index (χ1v) is 1.49. The topological polar surface area (TPSA) is 0 Å². The maximum absolute atomic E-state index is 2.00. The fourth-order valence-corrected chi connectivity index (χ4v) is 0. The highest BCUT2D eigenvalue weighted by molar-refractivity contribution is 6.16. The lowest BCUT2D eigenvalue weighted by molar-refractivity contribution is 1.78. The molecule has 0 saturated carbocycles. The molecule has 0 heterocycles. The molecule has 0 radical (unpaired) electrons. The Morgan fingerprint density at radius 2 is 2.00 bits per heavy atom. The molecule has 0 aliphatic carbocycles. The normalized spacial score (nSPS) is 9.25. The van der Waals surface area contributed by atoms with Gasteiger partial charge in [-0.3, -0.25) is 0 Å². The van der Waals surface area contributed by atoms with E-state index < -0.39 is 0 Å². The number of hydrogen-bond donors (Lipinski definition) is 0. The van der Waals surface area contributed by atoms with E-state index in [1.54, 1.807) is 0 Å². The smallest absolute Gasteiger partial charge is 0.128 e. The molecule has 0 unspecified atom stereocenters. The Labute approximate surface area is 27.9 Å². The van der Waals surface area contributed by atoms with Gasteiger partial charge in [0.2, 0.25) is 0 Å². The van der Waals surface area contributed by atoms with Crippen LogP contribution in [0.2, 0.25) is 0 Å². The van der Waals surface area contributed by atoms with E-state index in [9.17, 15) is 0 Å². The zero-order valence-electron chi connectivity index (χ0n) is 3.15. The summed E-state index contributed by atoms with van der Waals surface area (Å²) in [6, 6.07) is 0. The van der Waals surface area contributed by atoms with Crippen LogP contribution < -0.4 is 0 Å². The Balaban J connectivity index is 2.55. The molecular formula is C3H7B. The minimum atomic E-state index is 2.00. The number of allylic oxidation sites excluding steroid dienone is 1. The van der Waals surface area contributed by atoms with Crippen LogP contribution in [0, 0.1) is 0 Å². The maximum Gasteiger partial charge on any atom is 0.129 e. The maximum atomic E-state index is 2.00.